The van der Waals surface area contributed by atoms with Gasteiger partial charge in [-0.05, 0) is 6.07 Å². The van der Waals surface area contributed by atoms with Crippen LogP contribution in [0.2, 0.25) is 0 Å². The van der Waals surface area contributed by atoms with Crippen LogP contribution < -0.4 is 34.3 Å². The van der Waals surface area contributed by atoms with Crippen molar-refractivity contribution < 1.29 is 57.2 Å². The van der Waals surface area contributed by atoms with Crippen molar-refractivity contribution in [3.05, 3.63) is 53.6 Å². The molecule has 0 radical (unpaired) electrons. The van der Waals surface area contributed by atoms with Gasteiger partial charge in [0.2, 0.25) is 0 Å². The van der Waals surface area contributed by atoms with Crippen LogP contribution in [-0.4, -0.2) is 31.0 Å². The molecule has 1 N–H and O–H groups in total. The molecule has 110 valence electrons. The monoisotopic (exact) mass is 330 g/mol. The van der Waals surface area contributed by atoms with Crippen LogP contribution in [0.25, 0.3) is 0 Å². The second-order valence-electron chi connectivity index (χ2n) is 4.17. The zero-order valence-electron chi connectivity index (χ0n) is 11.9. The number of benzene rings is 2. The van der Waals surface area contributed by atoms with Gasteiger partial charge in [-0.25, -0.2) is 8.42 Å². The van der Waals surface area contributed by atoms with E-state index in [0.717, 1.165) is 19.2 Å². The summed E-state index contributed by atoms with van der Waals surface area (Å²) < 4.78 is 38.4. The Morgan fingerprint density at radius 2 is 1.77 bits per heavy atom. The summed E-state index contributed by atoms with van der Waals surface area (Å²) in [7, 11) is -3.68. The fraction of sp³-hybridized carbons (Fsp3) is 0.0714. The second kappa shape index (κ2) is 7.26. The quantitative estimate of drug-likeness (QED) is 0.417. The molecule has 0 aliphatic heterocycles. The number of hydrogen-bond acceptors (Lipinski definition) is 6. The first kappa shape index (κ1) is 18.7. The molecule has 0 aromatic heterocycles. The summed E-state index contributed by atoms with van der Waals surface area (Å²) in [5.74, 6) is -1.37. The number of rotatable bonds is 4. The van der Waals surface area contributed by atoms with Crippen LogP contribution in [0.15, 0.2) is 47.4 Å². The predicted octanol–water partition coefficient (Wildman–Crippen LogP) is -1.46. The molecule has 2 aromatic rings. The predicted molar refractivity (Wildman–Crippen MR) is 72.5 cm³/mol. The number of carbonyl (C=O) groups excluding carboxylic acids is 1. The first-order chi connectivity index (χ1) is 9.84. The Balaban J connectivity index is 0.00000242. The largest absolute Gasteiger partial charge is 1.00 e. The van der Waals surface area contributed by atoms with Crippen LogP contribution in [0.5, 0.6) is 11.5 Å². The molecule has 0 aliphatic carbocycles. The maximum atomic E-state index is 12.2. The molecule has 8 heteroatoms. The average Bonchev–Trinajstić information content (AvgIpc) is 2.45. The molecule has 0 saturated carbocycles. The van der Waals surface area contributed by atoms with Crippen molar-refractivity contribution in [3.63, 3.8) is 0 Å². The minimum absolute atomic E-state index is 0. The fourth-order valence-electron chi connectivity index (χ4n) is 1.83. The summed E-state index contributed by atoms with van der Waals surface area (Å²) >= 11 is 0. The minimum atomic E-state index is -4.84. The normalized spacial score (nSPS) is 10.6. The van der Waals surface area contributed by atoms with Gasteiger partial charge in [0.05, 0.1) is 17.6 Å². The van der Waals surface area contributed by atoms with E-state index in [9.17, 15) is 22.9 Å². The second-order valence-corrected chi connectivity index (χ2v) is 5.52. The van der Waals surface area contributed by atoms with Crippen LogP contribution >= 0.6 is 0 Å². The Hall–Kier alpha value is -1.38. The van der Waals surface area contributed by atoms with Gasteiger partial charge in [-0.2, -0.15) is 0 Å². The van der Waals surface area contributed by atoms with E-state index in [-0.39, 0.29) is 46.4 Å². The first-order valence-electron chi connectivity index (χ1n) is 5.81. The van der Waals surface area contributed by atoms with Crippen LogP contribution in [0.4, 0.5) is 0 Å². The van der Waals surface area contributed by atoms with Crippen LogP contribution in [0.1, 0.15) is 15.9 Å². The molecule has 0 heterocycles. The Bertz CT molecular complexity index is 786. The van der Waals surface area contributed by atoms with Crippen molar-refractivity contribution in [1.82, 2.24) is 0 Å². The Morgan fingerprint density at radius 3 is 2.27 bits per heavy atom. The van der Waals surface area contributed by atoms with Crippen molar-refractivity contribution in [3.8, 4) is 11.5 Å². The van der Waals surface area contributed by atoms with Crippen molar-refractivity contribution in [2.45, 2.75) is 4.90 Å². The number of phenolic OH excluding ortho intramolecular Hbond substituents is 1. The maximum Gasteiger partial charge on any atom is 1.00 e. The molecule has 0 spiro atoms. The third kappa shape index (κ3) is 3.88. The zero-order valence-corrected chi connectivity index (χ0v) is 14.8. The summed E-state index contributed by atoms with van der Waals surface area (Å²) in [6, 6.07) is 9.73. The van der Waals surface area contributed by atoms with Gasteiger partial charge in [0.25, 0.3) is 0 Å². The van der Waals surface area contributed by atoms with E-state index < -0.39 is 26.5 Å². The van der Waals surface area contributed by atoms with E-state index in [1.165, 1.54) is 12.1 Å². The van der Waals surface area contributed by atoms with Gasteiger partial charge in [-0.1, -0.05) is 30.3 Å². The summed E-state index contributed by atoms with van der Waals surface area (Å²) in [5.41, 5.74) is -0.0244. The van der Waals surface area contributed by atoms with E-state index in [0.29, 0.717) is 0 Å². The molecule has 22 heavy (non-hydrogen) atoms. The summed E-state index contributed by atoms with van der Waals surface area (Å²) in [4.78, 5) is 11.6. The molecule has 2 rings (SSSR count). The van der Waals surface area contributed by atoms with Gasteiger partial charge in [-0.15, -0.1) is 0 Å². The topological polar surface area (TPSA) is 104 Å². The number of hydrogen-bond donors (Lipinski definition) is 1. The molecular formula is C14H11NaO6S. The molecule has 0 unspecified atom stereocenters. The van der Waals surface area contributed by atoms with Gasteiger partial charge in [0.1, 0.15) is 21.6 Å². The number of ether oxygens (including phenoxy) is 1. The van der Waals surface area contributed by atoms with E-state index in [2.05, 4.69) is 0 Å². The van der Waals surface area contributed by atoms with Gasteiger partial charge in [0, 0.05) is 11.6 Å². The Labute approximate surface area is 149 Å². The fourth-order valence-corrected chi connectivity index (χ4v) is 2.48. The Kier molecular flexibility index (Phi) is 6.16. The van der Waals surface area contributed by atoms with Crippen LogP contribution in [0.3, 0.4) is 0 Å². The van der Waals surface area contributed by atoms with Crippen molar-refractivity contribution in [2.75, 3.05) is 7.11 Å². The summed E-state index contributed by atoms with van der Waals surface area (Å²) in [6.45, 7) is 0. The third-order valence-corrected chi connectivity index (χ3v) is 3.69. The van der Waals surface area contributed by atoms with E-state index in [1.54, 1.807) is 18.2 Å². The van der Waals surface area contributed by atoms with Crippen molar-refractivity contribution >= 4 is 15.9 Å². The SMILES string of the molecule is COc1cc(O)c(C(=O)c2ccccc2)cc1S(=O)(=O)[O-].[Na+]. The molecule has 0 fully saturated rings. The van der Waals surface area contributed by atoms with Crippen molar-refractivity contribution in [2.24, 2.45) is 0 Å². The molecule has 0 bridgehead atoms. The molecular weight excluding hydrogens is 319 g/mol. The number of aromatic hydroxyl groups is 1. The van der Waals surface area contributed by atoms with E-state index >= 15 is 0 Å². The van der Waals surface area contributed by atoms with Crippen molar-refractivity contribution in [1.29, 1.82) is 0 Å². The minimum Gasteiger partial charge on any atom is -0.744 e. The Morgan fingerprint density at radius 1 is 1.18 bits per heavy atom. The smallest absolute Gasteiger partial charge is 0.744 e. The molecule has 0 atom stereocenters. The standard InChI is InChI=1S/C14H12O6S.Na/c1-20-12-8-11(15)10(7-13(12)21(17,18)19)14(16)9-5-3-2-4-6-9;/h2-8,15H,1H3,(H,17,18,19);/q;+1/p-1. The average molecular weight is 330 g/mol. The summed E-state index contributed by atoms with van der Waals surface area (Å²) in [6.07, 6.45) is 0. The number of methoxy groups -OCH3 is 1. The molecule has 0 saturated heterocycles. The first-order valence-corrected chi connectivity index (χ1v) is 7.22. The van der Waals surface area contributed by atoms with Gasteiger partial charge in [0.15, 0.2) is 5.78 Å². The molecule has 6 nitrogen and oxygen atoms in total. The number of phenols is 1. The molecule has 0 amide bonds. The summed E-state index contributed by atoms with van der Waals surface area (Å²) in [5, 5.41) is 9.85. The van der Waals surface area contributed by atoms with Gasteiger partial charge in [-0.3, -0.25) is 4.79 Å². The van der Waals surface area contributed by atoms with Crippen LogP contribution in [0, 0.1) is 0 Å². The number of carbonyl (C=O) groups is 1. The van der Waals surface area contributed by atoms with E-state index in [1.807, 2.05) is 0 Å². The van der Waals surface area contributed by atoms with E-state index in [4.69, 9.17) is 4.74 Å². The molecule has 2 aromatic carbocycles. The molecule has 0 aliphatic rings. The van der Waals surface area contributed by atoms with Gasteiger partial charge >= 0.3 is 29.6 Å². The maximum absolute atomic E-state index is 12.2. The third-order valence-electron chi connectivity index (χ3n) is 2.83. The van der Waals surface area contributed by atoms with Gasteiger partial charge < -0.3 is 14.4 Å². The number of ketones is 1. The van der Waals surface area contributed by atoms with Crippen LogP contribution in [-0.2, 0) is 10.1 Å². The zero-order chi connectivity index (χ0) is 15.6.